The number of nitrogens with zero attached hydrogens (tertiary/aromatic N) is 2. The Balaban J connectivity index is 1.49. The Kier molecular flexibility index (Phi) is 4.24. The highest BCUT2D eigenvalue weighted by Gasteiger charge is 2.57. The van der Waals surface area contributed by atoms with Crippen LogP contribution < -0.4 is 0 Å². The van der Waals surface area contributed by atoms with E-state index < -0.39 is 0 Å². The number of rotatable bonds is 4. The van der Waals surface area contributed by atoms with Crippen molar-refractivity contribution in [3.8, 4) is 0 Å². The fourth-order valence-corrected chi connectivity index (χ4v) is 5.67. The number of carbonyl (C=O) groups is 1. The molecule has 2 saturated heterocycles. The van der Waals surface area contributed by atoms with Crippen LogP contribution in [0.5, 0.6) is 0 Å². The van der Waals surface area contributed by atoms with E-state index in [4.69, 9.17) is 0 Å². The molecule has 3 heterocycles. The van der Waals surface area contributed by atoms with Gasteiger partial charge in [-0.3, -0.25) is 4.79 Å². The van der Waals surface area contributed by atoms with E-state index in [9.17, 15) is 14.3 Å². The predicted octanol–water partition coefficient (Wildman–Crippen LogP) is 3.92. The average molecular weight is 392 g/mol. The first-order valence-electron chi connectivity index (χ1n) is 10.2. The Morgan fingerprint density at radius 2 is 1.97 bits per heavy atom. The molecule has 150 valence electrons. The Labute approximate surface area is 169 Å². The third kappa shape index (κ3) is 2.79. The molecular weight excluding hydrogens is 367 g/mol. The maximum absolute atomic E-state index is 13.6. The number of aryl methyl sites for hydroxylation is 1. The van der Waals surface area contributed by atoms with Gasteiger partial charge >= 0.3 is 0 Å². The van der Waals surface area contributed by atoms with Gasteiger partial charge in [0.2, 0.25) is 0 Å². The van der Waals surface area contributed by atoms with Crippen molar-refractivity contribution in [1.82, 2.24) is 9.47 Å². The lowest BCUT2D eigenvalue weighted by atomic mass is 9.70. The molecule has 0 spiro atoms. The van der Waals surface area contributed by atoms with Crippen molar-refractivity contribution >= 4 is 16.8 Å². The van der Waals surface area contributed by atoms with Crippen molar-refractivity contribution in [2.75, 3.05) is 6.61 Å². The zero-order valence-electron chi connectivity index (χ0n) is 16.5. The van der Waals surface area contributed by atoms with Gasteiger partial charge in [-0.25, -0.2) is 4.39 Å². The molecule has 2 aliphatic rings. The van der Waals surface area contributed by atoms with Crippen molar-refractivity contribution < 1.29 is 14.3 Å². The first-order valence-corrected chi connectivity index (χ1v) is 10.2. The minimum Gasteiger partial charge on any atom is -0.396 e. The van der Waals surface area contributed by atoms with E-state index in [0.29, 0.717) is 5.69 Å². The lowest BCUT2D eigenvalue weighted by molar-refractivity contribution is 0.0564. The Morgan fingerprint density at radius 3 is 2.72 bits per heavy atom. The molecule has 0 aliphatic carbocycles. The standard InChI is InChI=1S/C24H25FN2O2/c1-26-20-9-7-18(25)11-17(20)12-21(26)23(29)27-19-8-10-22(27)24(14-19,15-28)13-16-5-3-2-4-6-16/h2-7,9,11-12,19,22,28H,8,10,13-15H2,1H3/t19-,22+,24-/m1/s1. The maximum atomic E-state index is 13.6. The summed E-state index contributed by atoms with van der Waals surface area (Å²) in [6.07, 6.45) is 3.50. The van der Waals surface area contributed by atoms with Crippen LogP contribution in [0.1, 0.15) is 35.3 Å². The lowest BCUT2D eigenvalue weighted by Gasteiger charge is -2.36. The number of halogens is 1. The van der Waals surface area contributed by atoms with Gasteiger partial charge in [0.05, 0.1) is 6.61 Å². The highest BCUT2D eigenvalue weighted by atomic mass is 19.1. The fourth-order valence-electron chi connectivity index (χ4n) is 5.67. The second-order valence-electron chi connectivity index (χ2n) is 8.64. The van der Waals surface area contributed by atoms with Crippen LogP contribution >= 0.6 is 0 Å². The summed E-state index contributed by atoms with van der Waals surface area (Å²) in [7, 11) is 1.86. The largest absolute Gasteiger partial charge is 0.396 e. The number of aliphatic hydroxyl groups excluding tert-OH is 1. The van der Waals surface area contributed by atoms with Gasteiger partial charge in [0, 0.05) is 35.4 Å². The maximum Gasteiger partial charge on any atom is 0.271 e. The third-order valence-electron chi connectivity index (χ3n) is 7.02. The number of hydrogen-bond donors (Lipinski definition) is 1. The monoisotopic (exact) mass is 392 g/mol. The van der Waals surface area contributed by atoms with Gasteiger partial charge in [-0.2, -0.15) is 0 Å². The van der Waals surface area contributed by atoms with Gasteiger partial charge in [0.15, 0.2) is 0 Å². The number of aliphatic hydroxyl groups is 1. The quantitative estimate of drug-likeness (QED) is 0.732. The zero-order valence-corrected chi connectivity index (χ0v) is 16.5. The van der Waals surface area contributed by atoms with Gasteiger partial charge < -0.3 is 14.6 Å². The normalized spacial score (nSPS) is 25.8. The van der Waals surface area contributed by atoms with Crippen LogP contribution in [-0.2, 0) is 13.5 Å². The van der Waals surface area contributed by atoms with Crippen LogP contribution in [0.25, 0.3) is 10.9 Å². The molecule has 0 radical (unpaired) electrons. The smallest absolute Gasteiger partial charge is 0.271 e. The Morgan fingerprint density at radius 1 is 1.17 bits per heavy atom. The molecule has 0 saturated carbocycles. The van der Waals surface area contributed by atoms with Crippen molar-refractivity contribution in [3.63, 3.8) is 0 Å². The molecule has 3 aromatic rings. The molecule has 2 aromatic carbocycles. The van der Waals surface area contributed by atoms with E-state index in [2.05, 4.69) is 12.1 Å². The Hall–Kier alpha value is -2.66. The minimum absolute atomic E-state index is 0.0139. The summed E-state index contributed by atoms with van der Waals surface area (Å²) in [6.45, 7) is 0.0766. The molecule has 29 heavy (non-hydrogen) atoms. The minimum atomic E-state index is -0.300. The second kappa shape index (κ2) is 6.70. The van der Waals surface area contributed by atoms with Gasteiger partial charge in [0.25, 0.3) is 5.91 Å². The predicted molar refractivity (Wildman–Crippen MR) is 110 cm³/mol. The third-order valence-corrected chi connectivity index (χ3v) is 7.02. The second-order valence-corrected chi connectivity index (χ2v) is 8.64. The highest BCUT2D eigenvalue weighted by Crippen LogP contribution is 2.51. The number of carbonyl (C=O) groups excluding carboxylic acids is 1. The van der Waals surface area contributed by atoms with E-state index in [1.54, 1.807) is 12.1 Å². The molecule has 2 aliphatic heterocycles. The average Bonchev–Trinajstić information content (AvgIpc) is 3.38. The van der Waals surface area contributed by atoms with Crippen LogP contribution in [0.15, 0.2) is 54.6 Å². The molecule has 2 bridgehead atoms. The summed E-state index contributed by atoms with van der Waals surface area (Å²) in [5.74, 6) is -0.314. The summed E-state index contributed by atoms with van der Waals surface area (Å²) in [4.78, 5) is 15.6. The molecule has 1 amide bonds. The SMILES string of the molecule is Cn1c(C(=O)N2[C@@H]3CC[C@H]2[C@](CO)(Cc2ccccc2)C3)cc2cc(F)ccc21. The van der Waals surface area contributed by atoms with Crippen LogP contribution in [0, 0.1) is 11.2 Å². The molecule has 2 fully saturated rings. The van der Waals surface area contributed by atoms with E-state index in [1.807, 2.05) is 34.7 Å². The first-order chi connectivity index (χ1) is 14.0. The molecule has 4 nitrogen and oxygen atoms in total. The van der Waals surface area contributed by atoms with Crippen molar-refractivity contribution in [1.29, 1.82) is 0 Å². The van der Waals surface area contributed by atoms with Gasteiger partial charge in [0.1, 0.15) is 11.5 Å². The molecule has 1 N–H and O–H groups in total. The highest BCUT2D eigenvalue weighted by molar-refractivity contribution is 5.99. The van der Waals surface area contributed by atoms with Crippen LogP contribution in [0.2, 0.25) is 0 Å². The van der Waals surface area contributed by atoms with Crippen LogP contribution in [-0.4, -0.2) is 39.2 Å². The Bertz CT molecular complexity index is 1080. The summed E-state index contributed by atoms with van der Waals surface area (Å²) < 4.78 is 15.5. The number of benzene rings is 2. The molecule has 5 heteroatoms. The van der Waals surface area contributed by atoms with Crippen molar-refractivity contribution in [3.05, 3.63) is 71.7 Å². The van der Waals surface area contributed by atoms with Gasteiger partial charge in [-0.15, -0.1) is 0 Å². The van der Waals surface area contributed by atoms with E-state index in [0.717, 1.165) is 36.6 Å². The molecule has 1 aromatic heterocycles. The van der Waals surface area contributed by atoms with Crippen molar-refractivity contribution in [2.45, 2.75) is 37.8 Å². The van der Waals surface area contributed by atoms with Crippen LogP contribution in [0.3, 0.4) is 0 Å². The topological polar surface area (TPSA) is 45.5 Å². The molecule has 3 atom stereocenters. The van der Waals surface area contributed by atoms with Gasteiger partial charge in [-0.1, -0.05) is 30.3 Å². The lowest BCUT2D eigenvalue weighted by Crippen LogP contribution is -2.44. The van der Waals surface area contributed by atoms with Crippen LogP contribution in [0.4, 0.5) is 4.39 Å². The van der Waals surface area contributed by atoms with Crippen molar-refractivity contribution in [2.24, 2.45) is 12.5 Å². The van der Waals surface area contributed by atoms with E-state index in [-0.39, 0.29) is 35.8 Å². The first kappa shape index (κ1) is 18.4. The fraction of sp³-hybridized carbons (Fsp3) is 0.375. The van der Waals surface area contributed by atoms with E-state index in [1.165, 1.54) is 17.7 Å². The summed E-state index contributed by atoms with van der Waals surface area (Å²) in [6, 6.07) is 16.8. The summed E-state index contributed by atoms with van der Waals surface area (Å²) in [5, 5.41) is 11.1. The summed E-state index contributed by atoms with van der Waals surface area (Å²) >= 11 is 0. The molecule has 0 unspecified atom stereocenters. The molecule has 5 rings (SSSR count). The number of aromatic nitrogens is 1. The summed E-state index contributed by atoms with van der Waals surface area (Å²) in [5.41, 5.74) is 2.33. The number of amides is 1. The number of fused-ring (bicyclic) bond motifs is 3. The zero-order chi connectivity index (χ0) is 20.2. The van der Waals surface area contributed by atoms with Gasteiger partial charge in [-0.05, 0) is 55.5 Å². The number of hydrogen-bond acceptors (Lipinski definition) is 2. The van der Waals surface area contributed by atoms with E-state index >= 15 is 0 Å². The molecular formula is C24H25FN2O2.